The second-order valence-corrected chi connectivity index (χ2v) is 4.91. The van der Waals surface area contributed by atoms with Crippen LogP contribution in [-0.2, 0) is 0 Å². The summed E-state index contributed by atoms with van der Waals surface area (Å²) in [6, 6.07) is 0.415. The monoisotopic (exact) mass is 256 g/mol. The summed E-state index contributed by atoms with van der Waals surface area (Å²) >= 11 is 0. The molecule has 1 saturated carbocycles. The molecule has 5 nitrogen and oxygen atoms in total. The van der Waals surface area contributed by atoms with Gasteiger partial charge in [0.25, 0.3) is 0 Å². The van der Waals surface area contributed by atoms with Crippen LogP contribution < -0.4 is 0 Å². The maximum Gasteiger partial charge on any atom is 0.153 e. The average Bonchev–Trinajstić information content (AvgIpc) is 2.93. The van der Waals surface area contributed by atoms with E-state index in [1.165, 1.54) is 19.3 Å². The molecular weight excluding hydrogens is 240 g/mol. The molecule has 0 spiro atoms. The summed E-state index contributed by atoms with van der Waals surface area (Å²) in [4.78, 5) is 19.4. The first-order valence-electron chi connectivity index (χ1n) is 6.69. The van der Waals surface area contributed by atoms with Crippen LogP contribution >= 0.6 is 0 Å². The summed E-state index contributed by atoms with van der Waals surface area (Å²) in [5, 5.41) is 4.56. The molecule has 2 heterocycles. The number of carbonyl (C=O) groups excluding carboxylic acids is 1. The van der Waals surface area contributed by atoms with Gasteiger partial charge in [0.1, 0.15) is 11.4 Å². The third kappa shape index (κ3) is 2.41. The van der Waals surface area contributed by atoms with Crippen molar-refractivity contribution in [2.45, 2.75) is 38.1 Å². The largest absolute Gasteiger partial charge is 0.298 e. The Morgan fingerprint density at radius 1 is 1.21 bits per heavy atom. The van der Waals surface area contributed by atoms with Gasteiger partial charge >= 0.3 is 0 Å². The van der Waals surface area contributed by atoms with Crippen molar-refractivity contribution in [1.82, 2.24) is 19.7 Å². The number of carbonyl (C=O) groups is 1. The molecule has 1 aliphatic rings. The summed E-state index contributed by atoms with van der Waals surface area (Å²) in [7, 11) is 0. The van der Waals surface area contributed by atoms with E-state index < -0.39 is 0 Å². The Kier molecular flexibility index (Phi) is 3.35. The lowest BCUT2D eigenvalue weighted by Gasteiger charge is -2.21. The minimum atomic E-state index is 0.415. The van der Waals surface area contributed by atoms with E-state index >= 15 is 0 Å². The molecule has 19 heavy (non-hydrogen) atoms. The molecule has 2 aromatic rings. The fourth-order valence-electron chi connectivity index (χ4n) is 2.65. The van der Waals surface area contributed by atoms with E-state index in [0.29, 0.717) is 23.0 Å². The highest BCUT2D eigenvalue weighted by Crippen LogP contribution is 2.29. The van der Waals surface area contributed by atoms with Crippen molar-refractivity contribution in [1.29, 1.82) is 0 Å². The van der Waals surface area contributed by atoms with Crippen LogP contribution in [0.2, 0.25) is 0 Å². The Balaban J connectivity index is 1.96. The van der Waals surface area contributed by atoms with E-state index in [1.807, 2.05) is 10.9 Å². The van der Waals surface area contributed by atoms with Gasteiger partial charge in [-0.3, -0.25) is 19.4 Å². The molecular formula is C14H16N4O. The summed E-state index contributed by atoms with van der Waals surface area (Å²) < 4.78 is 1.94. The van der Waals surface area contributed by atoms with Crippen molar-refractivity contribution < 1.29 is 4.79 Å². The Morgan fingerprint density at radius 3 is 2.74 bits per heavy atom. The third-order valence-electron chi connectivity index (χ3n) is 3.64. The molecule has 1 aliphatic carbocycles. The molecule has 2 aromatic heterocycles. The van der Waals surface area contributed by atoms with Gasteiger partial charge in [0.2, 0.25) is 0 Å². The minimum Gasteiger partial charge on any atom is -0.298 e. The number of aldehydes is 1. The summed E-state index contributed by atoms with van der Waals surface area (Å²) in [5.41, 5.74) is 1.87. The lowest BCUT2D eigenvalue weighted by Crippen LogP contribution is -2.13. The number of hydrogen-bond acceptors (Lipinski definition) is 4. The fourth-order valence-corrected chi connectivity index (χ4v) is 2.65. The second kappa shape index (κ2) is 5.30. The molecule has 0 radical (unpaired) electrons. The maximum atomic E-state index is 11.2. The smallest absolute Gasteiger partial charge is 0.153 e. The molecule has 0 aromatic carbocycles. The van der Waals surface area contributed by atoms with E-state index in [1.54, 1.807) is 18.6 Å². The second-order valence-electron chi connectivity index (χ2n) is 4.91. The zero-order valence-corrected chi connectivity index (χ0v) is 10.7. The van der Waals surface area contributed by atoms with Crippen LogP contribution in [0.3, 0.4) is 0 Å². The van der Waals surface area contributed by atoms with Gasteiger partial charge in [-0.2, -0.15) is 5.10 Å². The standard InChI is InChI=1S/C14H16N4O/c19-10-11-9-18(12-4-2-1-3-5-12)17-14(11)13-8-15-6-7-16-13/h6-10,12H,1-5H2. The lowest BCUT2D eigenvalue weighted by molar-refractivity contribution is 0.112. The van der Waals surface area contributed by atoms with Gasteiger partial charge in [0, 0.05) is 18.6 Å². The Bertz CT molecular complexity index is 558. The first-order chi connectivity index (χ1) is 9.38. The van der Waals surface area contributed by atoms with Crippen molar-refractivity contribution >= 4 is 6.29 Å². The normalized spacial score (nSPS) is 16.4. The lowest BCUT2D eigenvalue weighted by atomic mass is 9.96. The van der Waals surface area contributed by atoms with Gasteiger partial charge in [-0.25, -0.2) is 0 Å². The predicted octanol–water partition coefficient (Wildman–Crippen LogP) is 2.66. The van der Waals surface area contributed by atoms with Crippen LogP contribution in [0.15, 0.2) is 24.8 Å². The highest BCUT2D eigenvalue weighted by molar-refractivity contribution is 5.84. The Labute approximate surface area is 111 Å². The van der Waals surface area contributed by atoms with Gasteiger partial charge in [0.15, 0.2) is 6.29 Å². The molecule has 0 saturated heterocycles. The van der Waals surface area contributed by atoms with Crippen LogP contribution in [0.25, 0.3) is 11.4 Å². The topological polar surface area (TPSA) is 60.7 Å². The van der Waals surface area contributed by atoms with Crippen LogP contribution in [-0.4, -0.2) is 26.0 Å². The SMILES string of the molecule is O=Cc1cn(C2CCCCC2)nc1-c1cnccn1. The number of rotatable bonds is 3. The van der Waals surface area contributed by atoms with Gasteiger partial charge in [-0.1, -0.05) is 19.3 Å². The molecule has 98 valence electrons. The van der Waals surface area contributed by atoms with Crippen molar-refractivity contribution in [3.8, 4) is 11.4 Å². The zero-order valence-electron chi connectivity index (χ0n) is 10.7. The van der Waals surface area contributed by atoms with Gasteiger partial charge in [-0.05, 0) is 12.8 Å². The molecule has 0 N–H and O–H groups in total. The maximum absolute atomic E-state index is 11.2. The zero-order chi connectivity index (χ0) is 13.1. The molecule has 3 rings (SSSR count). The molecule has 0 atom stereocenters. The van der Waals surface area contributed by atoms with Gasteiger partial charge in [0.05, 0.1) is 17.8 Å². The molecule has 0 aliphatic heterocycles. The molecule has 1 fully saturated rings. The molecule has 0 amide bonds. The summed E-state index contributed by atoms with van der Waals surface area (Å²) in [6.07, 6.45) is 13.6. The average molecular weight is 256 g/mol. The summed E-state index contributed by atoms with van der Waals surface area (Å²) in [5.74, 6) is 0. The predicted molar refractivity (Wildman–Crippen MR) is 70.8 cm³/mol. The van der Waals surface area contributed by atoms with Gasteiger partial charge < -0.3 is 0 Å². The third-order valence-corrected chi connectivity index (χ3v) is 3.64. The van der Waals surface area contributed by atoms with Crippen LogP contribution in [0, 0.1) is 0 Å². The number of nitrogens with zero attached hydrogens (tertiary/aromatic N) is 4. The Hall–Kier alpha value is -2.04. The van der Waals surface area contributed by atoms with Crippen molar-refractivity contribution in [3.05, 3.63) is 30.4 Å². The molecule has 5 heteroatoms. The van der Waals surface area contributed by atoms with Crippen LogP contribution in [0.4, 0.5) is 0 Å². The van der Waals surface area contributed by atoms with E-state index in [0.717, 1.165) is 19.1 Å². The first-order valence-corrected chi connectivity index (χ1v) is 6.69. The number of hydrogen-bond donors (Lipinski definition) is 0. The van der Waals surface area contributed by atoms with E-state index in [-0.39, 0.29) is 0 Å². The van der Waals surface area contributed by atoms with Crippen molar-refractivity contribution in [3.63, 3.8) is 0 Å². The Morgan fingerprint density at radius 2 is 2.05 bits per heavy atom. The highest BCUT2D eigenvalue weighted by atomic mass is 16.1. The van der Waals surface area contributed by atoms with Crippen molar-refractivity contribution in [2.24, 2.45) is 0 Å². The van der Waals surface area contributed by atoms with E-state index in [9.17, 15) is 4.79 Å². The fraction of sp³-hybridized carbons (Fsp3) is 0.429. The molecule has 0 bridgehead atoms. The van der Waals surface area contributed by atoms with Crippen molar-refractivity contribution in [2.75, 3.05) is 0 Å². The molecule has 0 unspecified atom stereocenters. The summed E-state index contributed by atoms with van der Waals surface area (Å²) in [6.45, 7) is 0. The van der Waals surface area contributed by atoms with Crippen LogP contribution in [0.5, 0.6) is 0 Å². The van der Waals surface area contributed by atoms with E-state index in [4.69, 9.17) is 0 Å². The minimum absolute atomic E-state index is 0.415. The number of aromatic nitrogens is 4. The quantitative estimate of drug-likeness (QED) is 0.792. The van der Waals surface area contributed by atoms with Gasteiger partial charge in [-0.15, -0.1) is 0 Å². The first kappa shape index (κ1) is 12.0. The van der Waals surface area contributed by atoms with Crippen LogP contribution in [0.1, 0.15) is 48.5 Å². The highest BCUT2D eigenvalue weighted by Gasteiger charge is 2.19. The van der Waals surface area contributed by atoms with E-state index in [2.05, 4.69) is 15.1 Å².